The number of benzene rings is 5. The van der Waals surface area contributed by atoms with E-state index in [1.807, 2.05) is 120 Å². The largest absolute Gasteiger partial charge is 0.482 e. The minimum Gasteiger partial charge on any atom is -0.482 e. The molecular weight excluding hydrogens is 566 g/mol. The Kier molecular flexibility index (Phi) is 10.9. The second-order valence-corrected chi connectivity index (χ2v) is 10.9. The number of anilines is 2. The first kappa shape index (κ1) is 31.4. The molecule has 0 aliphatic carbocycles. The molecule has 0 bridgehead atoms. The zero-order valence-corrected chi connectivity index (χ0v) is 24.9. The Hall–Kier alpha value is -5.02. The fourth-order valence-corrected chi connectivity index (χ4v) is 5.22. The van der Waals surface area contributed by atoms with E-state index in [9.17, 15) is 20.3 Å². The lowest BCUT2D eigenvalue weighted by molar-refractivity contribution is -0.386. The van der Waals surface area contributed by atoms with Gasteiger partial charge in [-0.1, -0.05) is 97.1 Å². The third-order valence-corrected chi connectivity index (χ3v) is 7.65. The molecule has 0 aliphatic heterocycles. The van der Waals surface area contributed by atoms with Crippen molar-refractivity contribution in [1.82, 2.24) is 4.90 Å². The lowest BCUT2D eigenvalue weighted by Gasteiger charge is -2.32. The van der Waals surface area contributed by atoms with Crippen LogP contribution < -0.4 is 10.1 Å². The summed E-state index contributed by atoms with van der Waals surface area (Å²) in [4.78, 5) is 13.5. The summed E-state index contributed by atoms with van der Waals surface area (Å²) >= 11 is 0. The number of nitro groups is 1. The highest BCUT2D eigenvalue weighted by Gasteiger charge is 2.25. The summed E-state index contributed by atoms with van der Waals surface area (Å²) in [7, 11) is 0. The van der Waals surface area contributed by atoms with Gasteiger partial charge in [-0.3, -0.25) is 15.0 Å². The van der Waals surface area contributed by atoms with Gasteiger partial charge >= 0.3 is 5.69 Å². The van der Waals surface area contributed by atoms with E-state index in [1.54, 1.807) is 6.07 Å². The van der Waals surface area contributed by atoms with Crippen LogP contribution in [0, 0.1) is 10.1 Å². The van der Waals surface area contributed by atoms with Crippen LogP contribution in [-0.2, 0) is 19.6 Å². The number of hydrogen-bond donors (Lipinski definition) is 3. The lowest BCUT2D eigenvalue weighted by Crippen LogP contribution is -2.41. The molecular formula is C37H37N3O5. The molecule has 8 heteroatoms. The Morgan fingerprint density at radius 2 is 1.36 bits per heavy atom. The van der Waals surface area contributed by atoms with Crippen LogP contribution in [0.25, 0.3) is 0 Å². The van der Waals surface area contributed by atoms with Crippen molar-refractivity contribution in [2.75, 3.05) is 18.5 Å². The number of nitro benzene ring substituents is 1. The number of hydrogen-bond acceptors (Lipinski definition) is 7. The van der Waals surface area contributed by atoms with Crippen molar-refractivity contribution in [2.24, 2.45) is 0 Å². The molecule has 8 nitrogen and oxygen atoms in total. The van der Waals surface area contributed by atoms with Crippen LogP contribution >= 0.6 is 0 Å². The molecule has 45 heavy (non-hydrogen) atoms. The number of aliphatic hydroxyl groups excluding tert-OH is 2. The van der Waals surface area contributed by atoms with Gasteiger partial charge in [0.05, 0.1) is 17.6 Å². The highest BCUT2D eigenvalue weighted by atomic mass is 16.6. The molecule has 0 radical (unpaired) electrons. The molecule has 2 atom stereocenters. The fraction of sp³-hybridized carbons (Fsp3) is 0.189. The highest BCUT2D eigenvalue weighted by Crippen LogP contribution is 2.32. The van der Waals surface area contributed by atoms with Gasteiger partial charge in [0.1, 0.15) is 6.61 Å². The van der Waals surface area contributed by atoms with Crippen molar-refractivity contribution >= 4 is 17.1 Å². The smallest absolute Gasteiger partial charge is 0.311 e. The maximum atomic E-state index is 12.0. The predicted octanol–water partition coefficient (Wildman–Crippen LogP) is 7.06. The van der Waals surface area contributed by atoms with Crippen LogP contribution in [0.4, 0.5) is 17.1 Å². The number of aliphatic hydroxyl groups is 2. The van der Waals surface area contributed by atoms with Gasteiger partial charge in [-0.2, -0.15) is 0 Å². The van der Waals surface area contributed by atoms with Crippen molar-refractivity contribution in [3.8, 4) is 5.75 Å². The van der Waals surface area contributed by atoms with Crippen LogP contribution in [0.3, 0.4) is 0 Å². The van der Waals surface area contributed by atoms with Gasteiger partial charge in [0.15, 0.2) is 5.75 Å². The lowest BCUT2D eigenvalue weighted by atomic mass is 10.0. The summed E-state index contributed by atoms with van der Waals surface area (Å²) in [5.41, 5.74) is 5.11. The first-order valence-electron chi connectivity index (χ1n) is 14.9. The Morgan fingerprint density at radius 1 is 0.756 bits per heavy atom. The topological polar surface area (TPSA) is 108 Å². The van der Waals surface area contributed by atoms with E-state index in [2.05, 4.69) is 5.32 Å². The van der Waals surface area contributed by atoms with E-state index in [0.29, 0.717) is 18.5 Å². The van der Waals surface area contributed by atoms with Gasteiger partial charge in [-0.05, 0) is 59.0 Å². The molecule has 0 saturated carbocycles. The Bertz CT molecular complexity index is 1630. The van der Waals surface area contributed by atoms with Crippen LogP contribution in [0.2, 0.25) is 0 Å². The van der Waals surface area contributed by atoms with Crippen LogP contribution in [-0.4, -0.2) is 39.2 Å². The van der Waals surface area contributed by atoms with Crippen LogP contribution in [0.15, 0.2) is 133 Å². The van der Waals surface area contributed by atoms with Gasteiger partial charge in [-0.15, -0.1) is 0 Å². The number of rotatable bonds is 15. The minimum absolute atomic E-state index is 0.129. The molecule has 0 aliphatic rings. The Balaban J connectivity index is 1.32. The van der Waals surface area contributed by atoms with Crippen molar-refractivity contribution < 1.29 is 19.9 Å². The van der Waals surface area contributed by atoms with Crippen LogP contribution in [0.5, 0.6) is 5.75 Å². The molecule has 0 unspecified atom stereocenters. The second-order valence-electron chi connectivity index (χ2n) is 10.9. The van der Waals surface area contributed by atoms with Gasteiger partial charge in [0.2, 0.25) is 0 Å². The summed E-state index contributed by atoms with van der Waals surface area (Å²) < 4.78 is 5.77. The number of nitrogens with one attached hydrogen (secondary N) is 1. The minimum atomic E-state index is -1.04. The van der Waals surface area contributed by atoms with E-state index >= 15 is 0 Å². The molecule has 5 rings (SSSR count). The summed E-state index contributed by atoms with van der Waals surface area (Å²) in [6.45, 7) is 0.707. The van der Waals surface area contributed by atoms with Crippen molar-refractivity contribution in [2.45, 2.75) is 31.7 Å². The third-order valence-electron chi connectivity index (χ3n) is 7.65. The summed E-state index contributed by atoms with van der Waals surface area (Å²) in [5.74, 6) is 0.138. The summed E-state index contributed by atoms with van der Waals surface area (Å²) in [6, 6.07) is 41.5. The molecule has 0 aromatic heterocycles. The fourth-order valence-electron chi connectivity index (χ4n) is 5.22. The van der Waals surface area contributed by atoms with Crippen LogP contribution in [0.1, 0.15) is 28.4 Å². The second kappa shape index (κ2) is 15.6. The molecule has 0 fully saturated rings. The predicted molar refractivity (Wildman–Crippen MR) is 176 cm³/mol. The monoisotopic (exact) mass is 603 g/mol. The van der Waals surface area contributed by atoms with Gasteiger partial charge < -0.3 is 20.3 Å². The SMILES string of the molecule is O=[N+]([O-])c1cc([C@H](O)CN(Cc2ccccc2)[C@H](CO)Cc2ccc(Nc3ccccc3)cc2)ccc1OCc1ccccc1. The zero-order valence-electron chi connectivity index (χ0n) is 24.9. The molecule has 5 aromatic rings. The van der Waals surface area contributed by atoms with E-state index in [-0.39, 0.29) is 37.2 Å². The Labute approximate surface area is 263 Å². The number of para-hydroxylation sites is 1. The van der Waals surface area contributed by atoms with Gasteiger partial charge in [-0.25, -0.2) is 0 Å². The quantitative estimate of drug-likeness (QED) is 0.0869. The highest BCUT2D eigenvalue weighted by molar-refractivity contribution is 5.59. The third kappa shape index (κ3) is 9.00. The first-order valence-corrected chi connectivity index (χ1v) is 14.9. The summed E-state index contributed by atoms with van der Waals surface area (Å²) in [6.07, 6.45) is -0.490. The maximum absolute atomic E-state index is 12.0. The Morgan fingerprint density at radius 3 is 1.98 bits per heavy atom. The molecule has 3 N–H and O–H groups in total. The molecule has 0 amide bonds. The average Bonchev–Trinajstić information content (AvgIpc) is 3.08. The van der Waals surface area contributed by atoms with E-state index in [1.165, 1.54) is 12.1 Å². The molecule has 230 valence electrons. The normalized spacial score (nSPS) is 12.4. The van der Waals surface area contributed by atoms with Gasteiger partial charge in [0.25, 0.3) is 0 Å². The summed E-state index contributed by atoms with van der Waals surface area (Å²) in [5, 5.41) is 37.2. The first-order chi connectivity index (χ1) is 22.0. The standard InChI is InChI=1S/C37H37N3O5/c41-26-34(22-28-16-19-33(20-17-28)38-32-14-8-3-9-15-32)39(24-29-10-4-1-5-11-29)25-36(42)31-18-21-37(35(23-31)40(43)44)45-27-30-12-6-2-7-13-30/h1-21,23,34,36,38,41-42H,22,24-27H2/t34-,36+/m0/s1. The number of ether oxygens (including phenoxy) is 1. The van der Waals surface area contributed by atoms with Crippen molar-refractivity contribution in [3.63, 3.8) is 0 Å². The molecule has 0 heterocycles. The van der Waals surface area contributed by atoms with E-state index in [4.69, 9.17) is 4.74 Å². The average molecular weight is 604 g/mol. The van der Waals surface area contributed by atoms with Crippen molar-refractivity contribution in [3.05, 3.63) is 166 Å². The molecule has 5 aromatic carbocycles. The zero-order chi connectivity index (χ0) is 31.4. The van der Waals surface area contributed by atoms with E-state index < -0.39 is 11.0 Å². The van der Waals surface area contributed by atoms with E-state index in [0.717, 1.165) is 28.1 Å². The van der Waals surface area contributed by atoms with Gasteiger partial charge in [0, 0.05) is 36.6 Å². The number of nitrogens with zero attached hydrogens (tertiary/aromatic N) is 2. The molecule has 0 saturated heterocycles. The van der Waals surface area contributed by atoms with Crippen molar-refractivity contribution in [1.29, 1.82) is 0 Å². The molecule has 0 spiro atoms. The maximum Gasteiger partial charge on any atom is 0.311 e.